The second-order valence-corrected chi connectivity index (χ2v) is 4.81. The van der Waals surface area contributed by atoms with E-state index >= 15 is 0 Å². The smallest absolute Gasteiger partial charge is 0.0866 e. The number of anilines is 1. The number of fused-ring (bicyclic) bond motifs is 1. The summed E-state index contributed by atoms with van der Waals surface area (Å²) < 4.78 is 1.07. The summed E-state index contributed by atoms with van der Waals surface area (Å²) >= 11 is 3.46. The van der Waals surface area contributed by atoms with Crippen LogP contribution in [0.5, 0.6) is 0 Å². The van der Waals surface area contributed by atoms with Gasteiger partial charge >= 0.3 is 0 Å². The first-order valence-corrected chi connectivity index (χ1v) is 6.02. The summed E-state index contributed by atoms with van der Waals surface area (Å²) in [6, 6.07) is 12.0. The van der Waals surface area contributed by atoms with Gasteiger partial charge in [0, 0.05) is 15.4 Å². The molecule has 2 heterocycles. The van der Waals surface area contributed by atoms with Gasteiger partial charge in [-0.25, -0.2) is 0 Å². The summed E-state index contributed by atoms with van der Waals surface area (Å²) in [6.45, 7) is 0. The number of rotatable bonds is 1. The van der Waals surface area contributed by atoms with E-state index in [-0.39, 0.29) is 0 Å². The lowest BCUT2D eigenvalue weighted by Crippen LogP contribution is -1.87. The number of halogens is 1. The molecule has 0 radical (unpaired) electrons. The van der Waals surface area contributed by atoms with Gasteiger partial charge in [-0.3, -0.25) is 4.98 Å². The normalized spacial score (nSPS) is 10.9. The monoisotopic (exact) mass is 287 g/mol. The molecule has 0 amide bonds. The molecule has 0 bridgehead atoms. The first kappa shape index (κ1) is 10.4. The Balaban J connectivity index is 2.14. The van der Waals surface area contributed by atoms with Crippen molar-refractivity contribution >= 4 is 32.5 Å². The highest BCUT2D eigenvalue weighted by molar-refractivity contribution is 9.10. The van der Waals surface area contributed by atoms with Crippen LogP contribution >= 0.6 is 15.9 Å². The van der Waals surface area contributed by atoms with Gasteiger partial charge in [0.15, 0.2) is 0 Å². The minimum atomic E-state index is 0.674. The standard InChI is InChI=1S/C13H10BrN3/c14-9-1-3-11-8(5-9)6-13(17-11)12-4-2-10(15)7-16-12/h1-7,17H,15H2. The SMILES string of the molecule is Nc1ccc(-c2cc3cc(Br)ccc3[nH]2)nc1. The highest BCUT2D eigenvalue weighted by Gasteiger charge is 2.04. The molecule has 3 N–H and O–H groups in total. The summed E-state index contributed by atoms with van der Waals surface area (Å²) in [5.74, 6) is 0. The maximum atomic E-state index is 5.62. The molecule has 0 saturated heterocycles. The third-order valence-corrected chi connectivity index (χ3v) is 3.14. The highest BCUT2D eigenvalue weighted by atomic mass is 79.9. The van der Waals surface area contributed by atoms with E-state index in [0.717, 1.165) is 26.8 Å². The Hall–Kier alpha value is -1.81. The maximum Gasteiger partial charge on any atom is 0.0866 e. The maximum absolute atomic E-state index is 5.62. The van der Waals surface area contributed by atoms with Crippen LogP contribution in [0.4, 0.5) is 5.69 Å². The number of hydrogen-bond donors (Lipinski definition) is 2. The van der Waals surface area contributed by atoms with Crippen LogP contribution in [0, 0.1) is 0 Å². The minimum absolute atomic E-state index is 0.674. The zero-order chi connectivity index (χ0) is 11.8. The van der Waals surface area contributed by atoms with Crippen LogP contribution < -0.4 is 5.73 Å². The fourth-order valence-electron chi connectivity index (χ4n) is 1.81. The fraction of sp³-hybridized carbons (Fsp3) is 0. The third-order valence-electron chi connectivity index (χ3n) is 2.65. The molecule has 84 valence electrons. The molecule has 4 heteroatoms. The Kier molecular flexibility index (Phi) is 2.37. The molecule has 3 rings (SSSR count). The van der Waals surface area contributed by atoms with Crippen molar-refractivity contribution in [1.29, 1.82) is 0 Å². The first-order chi connectivity index (χ1) is 8.22. The van der Waals surface area contributed by atoms with Crippen LogP contribution in [0.3, 0.4) is 0 Å². The van der Waals surface area contributed by atoms with Gasteiger partial charge in [0.2, 0.25) is 0 Å². The average molecular weight is 288 g/mol. The van der Waals surface area contributed by atoms with E-state index in [1.54, 1.807) is 6.20 Å². The predicted molar refractivity (Wildman–Crippen MR) is 73.6 cm³/mol. The Morgan fingerprint density at radius 2 is 2.00 bits per heavy atom. The van der Waals surface area contributed by atoms with Gasteiger partial charge in [0.05, 0.1) is 23.3 Å². The van der Waals surface area contributed by atoms with Gasteiger partial charge in [-0.05, 0) is 36.4 Å². The average Bonchev–Trinajstić information content (AvgIpc) is 2.72. The van der Waals surface area contributed by atoms with Crippen LogP contribution in [0.25, 0.3) is 22.3 Å². The molecule has 2 aromatic heterocycles. The van der Waals surface area contributed by atoms with Gasteiger partial charge in [-0.15, -0.1) is 0 Å². The zero-order valence-electron chi connectivity index (χ0n) is 8.94. The predicted octanol–water partition coefficient (Wildman–Crippen LogP) is 3.57. The Labute approximate surface area is 107 Å². The van der Waals surface area contributed by atoms with Crippen molar-refractivity contribution < 1.29 is 0 Å². The molecule has 17 heavy (non-hydrogen) atoms. The number of nitrogens with one attached hydrogen (secondary N) is 1. The number of pyridine rings is 1. The summed E-state index contributed by atoms with van der Waals surface area (Å²) in [6.07, 6.45) is 1.66. The number of nitrogens with zero attached hydrogens (tertiary/aromatic N) is 1. The molecule has 0 spiro atoms. The number of hydrogen-bond acceptors (Lipinski definition) is 2. The van der Waals surface area contributed by atoms with Gasteiger partial charge in [0.1, 0.15) is 0 Å². The van der Waals surface area contributed by atoms with E-state index in [1.165, 1.54) is 0 Å². The quantitative estimate of drug-likeness (QED) is 0.719. The van der Waals surface area contributed by atoms with Crippen LogP contribution in [0.2, 0.25) is 0 Å². The summed E-state index contributed by atoms with van der Waals surface area (Å²) in [5, 5.41) is 1.16. The molecule has 0 atom stereocenters. The van der Waals surface area contributed by atoms with E-state index in [0.29, 0.717) is 5.69 Å². The largest absolute Gasteiger partial charge is 0.397 e. The summed E-state index contributed by atoms with van der Waals surface area (Å²) in [4.78, 5) is 7.63. The van der Waals surface area contributed by atoms with Crippen molar-refractivity contribution in [2.24, 2.45) is 0 Å². The number of aromatic nitrogens is 2. The van der Waals surface area contributed by atoms with Gasteiger partial charge in [-0.1, -0.05) is 15.9 Å². The van der Waals surface area contributed by atoms with Crippen LogP contribution in [0.15, 0.2) is 47.1 Å². The number of H-pyrrole nitrogens is 1. The molecule has 0 aliphatic heterocycles. The van der Waals surface area contributed by atoms with Gasteiger partial charge in [-0.2, -0.15) is 0 Å². The molecule has 3 nitrogen and oxygen atoms in total. The van der Waals surface area contributed by atoms with Gasteiger partial charge in [0.25, 0.3) is 0 Å². The third kappa shape index (κ3) is 1.91. The molecule has 0 aliphatic rings. The molecule has 3 aromatic rings. The lowest BCUT2D eigenvalue weighted by atomic mass is 10.2. The van der Waals surface area contributed by atoms with E-state index in [4.69, 9.17) is 5.73 Å². The zero-order valence-corrected chi connectivity index (χ0v) is 10.5. The van der Waals surface area contributed by atoms with Crippen molar-refractivity contribution in [3.05, 3.63) is 47.1 Å². The van der Waals surface area contributed by atoms with Gasteiger partial charge < -0.3 is 10.7 Å². The number of nitrogens with two attached hydrogens (primary N) is 1. The number of aromatic amines is 1. The lowest BCUT2D eigenvalue weighted by molar-refractivity contribution is 1.29. The lowest BCUT2D eigenvalue weighted by Gasteiger charge is -1.96. The summed E-state index contributed by atoms with van der Waals surface area (Å²) in [7, 11) is 0. The fourth-order valence-corrected chi connectivity index (χ4v) is 2.18. The van der Waals surface area contributed by atoms with Crippen LogP contribution in [-0.4, -0.2) is 9.97 Å². The van der Waals surface area contributed by atoms with Crippen LogP contribution in [0.1, 0.15) is 0 Å². The molecule has 0 aliphatic carbocycles. The van der Waals surface area contributed by atoms with E-state index in [2.05, 4.69) is 38.0 Å². The molecule has 0 unspecified atom stereocenters. The Bertz CT molecular complexity index is 671. The van der Waals surface area contributed by atoms with Crippen LogP contribution in [-0.2, 0) is 0 Å². The van der Waals surface area contributed by atoms with Crippen molar-refractivity contribution in [3.63, 3.8) is 0 Å². The first-order valence-electron chi connectivity index (χ1n) is 5.22. The molecule has 0 fully saturated rings. The minimum Gasteiger partial charge on any atom is -0.397 e. The van der Waals surface area contributed by atoms with E-state index in [1.807, 2.05) is 24.3 Å². The number of nitrogen functional groups attached to an aromatic ring is 1. The molecular formula is C13H10BrN3. The second-order valence-electron chi connectivity index (χ2n) is 3.89. The Morgan fingerprint density at radius 3 is 2.76 bits per heavy atom. The summed E-state index contributed by atoms with van der Waals surface area (Å²) in [5.41, 5.74) is 9.29. The van der Waals surface area contributed by atoms with E-state index in [9.17, 15) is 0 Å². The molecular weight excluding hydrogens is 278 g/mol. The Morgan fingerprint density at radius 1 is 1.12 bits per heavy atom. The van der Waals surface area contributed by atoms with E-state index < -0.39 is 0 Å². The van der Waals surface area contributed by atoms with Crippen molar-refractivity contribution in [1.82, 2.24) is 9.97 Å². The second kappa shape index (κ2) is 3.89. The van der Waals surface area contributed by atoms with Crippen molar-refractivity contribution in [2.75, 3.05) is 5.73 Å². The topological polar surface area (TPSA) is 54.7 Å². The number of benzene rings is 1. The molecule has 1 aromatic carbocycles. The van der Waals surface area contributed by atoms with Crippen molar-refractivity contribution in [2.45, 2.75) is 0 Å². The molecule has 0 saturated carbocycles. The van der Waals surface area contributed by atoms with Crippen molar-refractivity contribution in [3.8, 4) is 11.4 Å². The highest BCUT2D eigenvalue weighted by Crippen LogP contribution is 2.25.